The fourth-order valence-corrected chi connectivity index (χ4v) is 3.46. The lowest BCUT2D eigenvalue weighted by molar-refractivity contribution is -0.264. The summed E-state index contributed by atoms with van der Waals surface area (Å²) < 4.78 is 18.1. The van der Waals surface area contributed by atoms with E-state index < -0.39 is 11.7 Å². The lowest BCUT2D eigenvalue weighted by atomic mass is 9.82. The molecule has 1 aliphatic heterocycles. The smallest absolute Gasteiger partial charge is 0.123 e. The molecule has 2 aromatic rings. The molecule has 3 rings (SSSR count). The van der Waals surface area contributed by atoms with Crippen LogP contribution in [-0.2, 0) is 27.4 Å². The second kappa shape index (κ2) is 9.29. The van der Waals surface area contributed by atoms with Gasteiger partial charge in [-0.3, -0.25) is 0 Å². The van der Waals surface area contributed by atoms with Crippen molar-refractivity contribution in [2.24, 2.45) is 0 Å². The Morgan fingerprint density at radius 3 is 2.15 bits per heavy atom. The van der Waals surface area contributed by atoms with Crippen molar-refractivity contribution in [2.45, 2.75) is 50.5 Å². The molecule has 4 heteroatoms. The summed E-state index contributed by atoms with van der Waals surface area (Å²) in [5.74, 6) is 0. The van der Waals surface area contributed by atoms with E-state index >= 15 is 0 Å². The van der Waals surface area contributed by atoms with E-state index in [1.54, 1.807) is 6.08 Å². The minimum Gasteiger partial charge on any atom is -0.384 e. The molecule has 1 N–H and O–H groups in total. The van der Waals surface area contributed by atoms with Crippen molar-refractivity contribution < 1.29 is 19.3 Å². The van der Waals surface area contributed by atoms with Crippen molar-refractivity contribution in [1.29, 1.82) is 0 Å². The molecule has 0 amide bonds. The molecule has 2 aromatic carbocycles. The van der Waals surface area contributed by atoms with Crippen molar-refractivity contribution in [3.8, 4) is 0 Å². The van der Waals surface area contributed by atoms with Crippen molar-refractivity contribution >= 4 is 0 Å². The summed E-state index contributed by atoms with van der Waals surface area (Å²) in [6, 6.07) is 19.9. The molecule has 1 heterocycles. The van der Waals surface area contributed by atoms with Gasteiger partial charge in [-0.2, -0.15) is 0 Å². The molecule has 0 bridgehead atoms. The van der Waals surface area contributed by atoms with Crippen LogP contribution in [0.4, 0.5) is 0 Å². The van der Waals surface area contributed by atoms with E-state index in [2.05, 4.69) is 6.58 Å². The maximum absolute atomic E-state index is 11.3. The Morgan fingerprint density at radius 2 is 1.59 bits per heavy atom. The zero-order valence-electron chi connectivity index (χ0n) is 15.8. The van der Waals surface area contributed by atoms with Crippen LogP contribution in [0.25, 0.3) is 0 Å². The van der Waals surface area contributed by atoms with Crippen LogP contribution in [0.5, 0.6) is 0 Å². The topological polar surface area (TPSA) is 47.9 Å². The Morgan fingerprint density at radius 1 is 1.04 bits per heavy atom. The highest BCUT2D eigenvalue weighted by atomic mass is 16.6. The third-order valence-corrected chi connectivity index (χ3v) is 5.10. The summed E-state index contributed by atoms with van der Waals surface area (Å²) in [5.41, 5.74) is 0.945. The minimum absolute atomic E-state index is 0.366. The molecule has 27 heavy (non-hydrogen) atoms. The molecule has 1 fully saturated rings. The maximum Gasteiger partial charge on any atom is 0.123 e. The largest absolute Gasteiger partial charge is 0.384 e. The predicted molar refractivity (Wildman–Crippen MR) is 105 cm³/mol. The minimum atomic E-state index is -1.18. The molecule has 0 aliphatic carbocycles. The molecule has 1 aliphatic rings. The Hall–Kier alpha value is -1.98. The molecule has 1 saturated heterocycles. The third kappa shape index (κ3) is 4.85. The van der Waals surface area contributed by atoms with Crippen molar-refractivity contribution in [3.05, 3.63) is 84.4 Å². The fraction of sp³-hybridized carbons (Fsp3) is 0.391. The van der Waals surface area contributed by atoms with E-state index in [4.69, 9.17) is 14.2 Å². The highest BCUT2D eigenvalue weighted by Gasteiger charge is 2.50. The van der Waals surface area contributed by atoms with Gasteiger partial charge in [-0.1, -0.05) is 66.7 Å². The van der Waals surface area contributed by atoms with Gasteiger partial charge < -0.3 is 19.3 Å². The van der Waals surface area contributed by atoms with Gasteiger partial charge in [0.05, 0.1) is 25.9 Å². The predicted octanol–water partition coefficient (Wildman–Crippen LogP) is 3.88. The lowest BCUT2D eigenvalue weighted by Gasteiger charge is -2.47. The third-order valence-electron chi connectivity index (χ3n) is 5.10. The van der Waals surface area contributed by atoms with Crippen LogP contribution >= 0.6 is 0 Å². The standard InChI is InChI=1S/C23H28O4/c1-3-14-23(24)18(2)25-17-21(26-15-19-10-6-4-7-11-19)22(23)27-16-20-12-8-5-9-13-20/h3-13,18,21-22,24H,1,14-17H2,2H3/t18?,21?,22-,23+/m1/s1. The normalized spacial score (nSPS) is 28.0. The molecule has 144 valence electrons. The molecule has 4 nitrogen and oxygen atoms in total. The summed E-state index contributed by atoms with van der Waals surface area (Å²) in [7, 11) is 0. The van der Waals surface area contributed by atoms with Crippen molar-refractivity contribution in [1.82, 2.24) is 0 Å². The molecule has 0 aromatic heterocycles. The van der Waals surface area contributed by atoms with Crippen LogP contribution in [-0.4, -0.2) is 35.6 Å². The van der Waals surface area contributed by atoms with Gasteiger partial charge in [-0.25, -0.2) is 0 Å². The van der Waals surface area contributed by atoms with Gasteiger partial charge in [0.1, 0.15) is 17.8 Å². The van der Waals surface area contributed by atoms with E-state index in [1.165, 1.54) is 0 Å². The van der Waals surface area contributed by atoms with Crippen LogP contribution in [0.3, 0.4) is 0 Å². The average molecular weight is 368 g/mol. The number of hydrogen-bond donors (Lipinski definition) is 1. The summed E-state index contributed by atoms with van der Waals surface area (Å²) in [6.45, 7) is 6.90. The molecule has 0 spiro atoms. The lowest BCUT2D eigenvalue weighted by Crippen LogP contribution is -2.63. The van der Waals surface area contributed by atoms with E-state index in [0.717, 1.165) is 11.1 Å². The van der Waals surface area contributed by atoms with Gasteiger partial charge in [0.15, 0.2) is 0 Å². The highest BCUT2D eigenvalue weighted by molar-refractivity contribution is 5.15. The summed E-state index contributed by atoms with van der Waals surface area (Å²) >= 11 is 0. The number of ether oxygens (including phenoxy) is 3. The molecular formula is C23H28O4. The van der Waals surface area contributed by atoms with Gasteiger partial charge in [0.25, 0.3) is 0 Å². The summed E-state index contributed by atoms with van der Waals surface area (Å²) in [6.07, 6.45) is 0.836. The highest BCUT2D eigenvalue weighted by Crippen LogP contribution is 2.34. The number of aliphatic hydroxyl groups is 1. The van der Waals surface area contributed by atoms with Gasteiger partial charge in [0, 0.05) is 0 Å². The van der Waals surface area contributed by atoms with Gasteiger partial charge >= 0.3 is 0 Å². The fourth-order valence-electron chi connectivity index (χ4n) is 3.46. The Bertz CT molecular complexity index is 703. The second-order valence-corrected chi connectivity index (χ2v) is 7.01. The quantitative estimate of drug-likeness (QED) is 0.719. The van der Waals surface area contributed by atoms with Crippen LogP contribution in [0, 0.1) is 0 Å². The monoisotopic (exact) mass is 368 g/mol. The molecule has 0 saturated carbocycles. The first kappa shape index (κ1) is 19.8. The van der Waals surface area contributed by atoms with Gasteiger partial charge in [0.2, 0.25) is 0 Å². The first-order chi connectivity index (χ1) is 13.1. The van der Waals surface area contributed by atoms with E-state index in [1.807, 2.05) is 67.6 Å². The van der Waals surface area contributed by atoms with Crippen LogP contribution in [0.2, 0.25) is 0 Å². The van der Waals surface area contributed by atoms with Crippen LogP contribution in [0.15, 0.2) is 73.3 Å². The summed E-state index contributed by atoms with van der Waals surface area (Å²) in [5, 5.41) is 11.3. The first-order valence-electron chi connectivity index (χ1n) is 9.39. The van der Waals surface area contributed by atoms with Crippen LogP contribution < -0.4 is 0 Å². The zero-order chi connectivity index (χ0) is 19.1. The number of hydrogen-bond acceptors (Lipinski definition) is 4. The number of benzene rings is 2. The van der Waals surface area contributed by atoms with E-state index in [9.17, 15) is 5.11 Å². The zero-order valence-corrected chi connectivity index (χ0v) is 15.8. The van der Waals surface area contributed by atoms with Crippen molar-refractivity contribution in [2.75, 3.05) is 6.61 Å². The van der Waals surface area contributed by atoms with Crippen molar-refractivity contribution in [3.63, 3.8) is 0 Å². The molecule has 4 atom stereocenters. The Labute approximate surface area is 161 Å². The SMILES string of the molecule is C=CC[C@]1(O)C(C)OCC(OCc2ccccc2)[C@H]1OCc1ccccc1. The van der Waals surface area contributed by atoms with E-state index in [-0.39, 0.29) is 12.2 Å². The molecule has 0 radical (unpaired) electrons. The Kier molecular flexibility index (Phi) is 6.80. The average Bonchev–Trinajstić information content (AvgIpc) is 2.70. The second-order valence-electron chi connectivity index (χ2n) is 7.01. The Balaban J connectivity index is 1.75. The molecule has 2 unspecified atom stereocenters. The van der Waals surface area contributed by atoms with Crippen LogP contribution in [0.1, 0.15) is 24.5 Å². The summed E-state index contributed by atoms with van der Waals surface area (Å²) in [4.78, 5) is 0. The molecular weight excluding hydrogens is 340 g/mol. The van der Waals surface area contributed by atoms with Gasteiger partial charge in [-0.05, 0) is 24.5 Å². The van der Waals surface area contributed by atoms with E-state index in [0.29, 0.717) is 26.2 Å². The number of rotatable bonds is 8. The first-order valence-corrected chi connectivity index (χ1v) is 9.39. The maximum atomic E-state index is 11.3. The van der Waals surface area contributed by atoms with Gasteiger partial charge in [-0.15, -0.1) is 6.58 Å².